The SMILES string of the molecule is Cn1cc(C(=O)c2c(-c3ccccc3O)c3cc(I)ccc3n2C)c2cc(I)ccc21. The monoisotopic (exact) mass is 632 g/mol. The third-order valence-electron chi connectivity index (χ3n) is 5.75. The van der Waals surface area contributed by atoms with Crippen LogP contribution in [0.25, 0.3) is 32.9 Å². The summed E-state index contributed by atoms with van der Waals surface area (Å²) in [6, 6.07) is 19.5. The number of carbonyl (C=O) groups excluding carboxylic acids is 1. The highest BCUT2D eigenvalue weighted by Crippen LogP contribution is 2.41. The smallest absolute Gasteiger partial charge is 0.212 e. The molecule has 0 bridgehead atoms. The summed E-state index contributed by atoms with van der Waals surface area (Å²) in [6.07, 6.45) is 1.90. The third-order valence-corrected chi connectivity index (χ3v) is 7.09. The number of fused-ring (bicyclic) bond motifs is 2. The van der Waals surface area contributed by atoms with Crippen molar-refractivity contribution < 1.29 is 9.90 Å². The summed E-state index contributed by atoms with van der Waals surface area (Å²) in [5.41, 5.74) is 4.63. The van der Waals surface area contributed by atoms with Gasteiger partial charge in [-0.25, -0.2) is 0 Å². The number of nitrogens with zero attached hydrogens (tertiary/aromatic N) is 2. The van der Waals surface area contributed by atoms with Gasteiger partial charge in [-0.1, -0.05) is 18.2 Å². The molecule has 0 radical (unpaired) electrons. The van der Waals surface area contributed by atoms with E-state index < -0.39 is 0 Å². The van der Waals surface area contributed by atoms with Crippen LogP contribution in [0.5, 0.6) is 5.75 Å². The van der Waals surface area contributed by atoms with Crippen molar-refractivity contribution in [1.29, 1.82) is 0 Å². The summed E-state index contributed by atoms with van der Waals surface area (Å²) in [5.74, 6) is 0.106. The van der Waals surface area contributed by atoms with Gasteiger partial charge in [-0.05, 0) is 87.6 Å². The highest BCUT2D eigenvalue weighted by molar-refractivity contribution is 14.1. The predicted octanol–water partition coefficient (Wildman–Crippen LogP) is 6.48. The van der Waals surface area contributed by atoms with Crippen LogP contribution >= 0.6 is 45.2 Å². The lowest BCUT2D eigenvalue weighted by Crippen LogP contribution is -2.08. The minimum atomic E-state index is -0.0560. The minimum absolute atomic E-state index is 0.0560. The number of benzene rings is 3. The number of aromatic nitrogens is 2. The molecule has 2 heterocycles. The maximum Gasteiger partial charge on any atom is 0.212 e. The first-order valence-corrected chi connectivity index (χ1v) is 11.9. The molecule has 6 heteroatoms. The number of halogens is 2. The van der Waals surface area contributed by atoms with Gasteiger partial charge < -0.3 is 14.2 Å². The molecule has 0 spiro atoms. The molecule has 0 amide bonds. The van der Waals surface area contributed by atoms with Gasteiger partial charge in [0.25, 0.3) is 0 Å². The third kappa shape index (κ3) is 3.27. The Kier molecular flexibility index (Phi) is 5.09. The molecule has 2 aromatic heterocycles. The van der Waals surface area contributed by atoms with Gasteiger partial charge in [0, 0.05) is 65.9 Å². The molecule has 0 aliphatic rings. The Hall–Kier alpha value is -2.33. The summed E-state index contributed by atoms with van der Waals surface area (Å²) < 4.78 is 6.09. The van der Waals surface area contributed by atoms with E-state index in [9.17, 15) is 9.90 Å². The maximum absolute atomic E-state index is 14.0. The normalized spacial score (nSPS) is 11.5. The van der Waals surface area contributed by atoms with Gasteiger partial charge in [-0.2, -0.15) is 0 Å². The first-order chi connectivity index (χ1) is 14.9. The van der Waals surface area contributed by atoms with Gasteiger partial charge in [0.15, 0.2) is 0 Å². The summed E-state index contributed by atoms with van der Waals surface area (Å²) in [4.78, 5) is 14.0. The van der Waals surface area contributed by atoms with Crippen LogP contribution in [-0.4, -0.2) is 20.0 Å². The van der Waals surface area contributed by atoms with Crippen LogP contribution < -0.4 is 0 Å². The number of hydrogen-bond donors (Lipinski definition) is 1. The van der Waals surface area contributed by atoms with E-state index in [2.05, 4.69) is 51.2 Å². The van der Waals surface area contributed by atoms with Crippen LogP contribution in [0.15, 0.2) is 66.9 Å². The zero-order chi connectivity index (χ0) is 21.9. The second-order valence-electron chi connectivity index (χ2n) is 7.61. The Bertz CT molecular complexity index is 1510. The Morgan fingerprint density at radius 2 is 1.52 bits per heavy atom. The molecule has 3 aromatic carbocycles. The predicted molar refractivity (Wildman–Crippen MR) is 142 cm³/mol. The second-order valence-corrected chi connectivity index (χ2v) is 10.1. The van der Waals surface area contributed by atoms with Crippen molar-refractivity contribution in [2.45, 2.75) is 0 Å². The molecule has 0 saturated heterocycles. The van der Waals surface area contributed by atoms with E-state index in [1.54, 1.807) is 12.1 Å². The number of aryl methyl sites for hydroxylation is 2. The Balaban J connectivity index is 1.87. The van der Waals surface area contributed by atoms with Gasteiger partial charge in [-0.15, -0.1) is 0 Å². The summed E-state index contributed by atoms with van der Waals surface area (Å²) in [7, 11) is 3.88. The van der Waals surface area contributed by atoms with Gasteiger partial charge in [0.1, 0.15) is 5.75 Å². The van der Waals surface area contributed by atoms with Crippen LogP contribution in [0.2, 0.25) is 0 Å². The van der Waals surface area contributed by atoms with Crippen molar-refractivity contribution in [2.24, 2.45) is 14.1 Å². The topological polar surface area (TPSA) is 47.2 Å². The van der Waals surface area contributed by atoms with Crippen molar-refractivity contribution in [3.63, 3.8) is 0 Å². The standard InChI is InChI=1S/C25H18I2N2O2/c1-28-13-19(17-11-14(26)7-9-20(17)28)25(31)24-23(16-5-3-4-6-22(16)30)18-12-15(27)8-10-21(18)29(24)2/h3-13,30H,1-2H3. The number of carbonyl (C=O) groups is 1. The molecular formula is C25H18I2N2O2. The van der Waals surface area contributed by atoms with E-state index in [0.717, 1.165) is 34.5 Å². The number of ketones is 1. The molecule has 0 fully saturated rings. The molecule has 154 valence electrons. The van der Waals surface area contributed by atoms with E-state index >= 15 is 0 Å². The summed E-state index contributed by atoms with van der Waals surface area (Å²) >= 11 is 4.55. The summed E-state index contributed by atoms with van der Waals surface area (Å²) in [6.45, 7) is 0. The Morgan fingerprint density at radius 1 is 0.871 bits per heavy atom. The number of rotatable bonds is 3. The Labute approximate surface area is 206 Å². The quantitative estimate of drug-likeness (QED) is 0.183. The van der Waals surface area contributed by atoms with Crippen molar-refractivity contribution in [3.8, 4) is 16.9 Å². The van der Waals surface area contributed by atoms with Crippen molar-refractivity contribution in [1.82, 2.24) is 9.13 Å². The number of phenolic OH excluding ortho intramolecular Hbond substituents is 1. The van der Waals surface area contributed by atoms with Crippen LogP contribution in [0, 0.1) is 7.14 Å². The number of phenols is 1. The molecule has 0 aliphatic carbocycles. The van der Waals surface area contributed by atoms with E-state index in [-0.39, 0.29) is 11.5 Å². The number of aromatic hydroxyl groups is 1. The molecule has 0 aliphatic heterocycles. The fourth-order valence-electron chi connectivity index (χ4n) is 4.31. The molecule has 31 heavy (non-hydrogen) atoms. The molecular weight excluding hydrogens is 614 g/mol. The highest BCUT2D eigenvalue weighted by atomic mass is 127. The van der Waals surface area contributed by atoms with Crippen LogP contribution in [0.3, 0.4) is 0 Å². The number of hydrogen-bond acceptors (Lipinski definition) is 2. The van der Waals surface area contributed by atoms with Crippen LogP contribution in [0.1, 0.15) is 16.1 Å². The average Bonchev–Trinajstić information content (AvgIpc) is 3.21. The van der Waals surface area contributed by atoms with Gasteiger partial charge in [-0.3, -0.25) is 4.79 Å². The molecule has 4 nitrogen and oxygen atoms in total. The minimum Gasteiger partial charge on any atom is -0.507 e. The van der Waals surface area contributed by atoms with Gasteiger partial charge >= 0.3 is 0 Å². The lowest BCUT2D eigenvalue weighted by molar-refractivity contribution is 0.103. The fourth-order valence-corrected chi connectivity index (χ4v) is 5.30. The van der Waals surface area contributed by atoms with E-state index in [1.807, 2.05) is 71.9 Å². The van der Waals surface area contributed by atoms with Crippen LogP contribution in [-0.2, 0) is 14.1 Å². The summed E-state index contributed by atoms with van der Waals surface area (Å²) in [5, 5.41) is 12.5. The van der Waals surface area contributed by atoms with E-state index in [1.165, 1.54) is 0 Å². The van der Waals surface area contributed by atoms with E-state index in [0.29, 0.717) is 16.8 Å². The van der Waals surface area contributed by atoms with E-state index in [4.69, 9.17) is 0 Å². The van der Waals surface area contributed by atoms with Crippen molar-refractivity contribution in [3.05, 3.63) is 85.3 Å². The first-order valence-electron chi connectivity index (χ1n) is 9.72. The zero-order valence-electron chi connectivity index (χ0n) is 16.9. The van der Waals surface area contributed by atoms with Gasteiger partial charge in [0.05, 0.1) is 5.69 Å². The molecule has 5 aromatic rings. The Morgan fingerprint density at radius 3 is 2.23 bits per heavy atom. The van der Waals surface area contributed by atoms with Gasteiger partial charge in [0.2, 0.25) is 5.78 Å². The number of para-hydroxylation sites is 1. The lowest BCUT2D eigenvalue weighted by Gasteiger charge is -2.09. The maximum atomic E-state index is 14.0. The average molecular weight is 632 g/mol. The largest absolute Gasteiger partial charge is 0.507 e. The molecule has 0 unspecified atom stereocenters. The highest BCUT2D eigenvalue weighted by Gasteiger charge is 2.27. The van der Waals surface area contributed by atoms with Crippen molar-refractivity contribution in [2.75, 3.05) is 0 Å². The molecule has 5 rings (SSSR count). The molecule has 0 saturated carbocycles. The van der Waals surface area contributed by atoms with Crippen LogP contribution in [0.4, 0.5) is 0 Å². The molecule has 0 atom stereocenters. The lowest BCUT2D eigenvalue weighted by atomic mass is 9.97. The zero-order valence-corrected chi connectivity index (χ0v) is 21.2. The fraction of sp³-hybridized carbons (Fsp3) is 0.0800. The second kappa shape index (κ2) is 7.67. The first kappa shape index (κ1) is 20.6. The molecule has 1 N–H and O–H groups in total. The van der Waals surface area contributed by atoms with Crippen molar-refractivity contribution >= 4 is 72.8 Å².